The van der Waals surface area contributed by atoms with Gasteiger partial charge < -0.3 is 5.32 Å². The highest BCUT2D eigenvalue weighted by Crippen LogP contribution is 2.17. The Kier molecular flexibility index (Phi) is 5.43. The highest BCUT2D eigenvalue weighted by atomic mass is 32.2. The van der Waals surface area contributed by atoms with E-state index in [1.54, 1.807) is 41.2 Å². The first kappa shape index (κ1) is 17.8. The monoisotopic (exact) mass is 367 g/mol. The molecule has 8 heteroatoms. The van der Waals surface area contributed by atoms with E-state index < -0.39 is 0 Å². The van der Waals surface area contributed by atoms with Gasteiger partial charge in [-0.25, -0.2) is 4.68 Å². The predicted molar refractivity (Wildman–Crippen MR) is 99.7 cm³/mol. The largest absolute Gasteiger partial charge is 0.325 e. The van der Waals surface area contributed by atoms with Crippen LogP contribution >= 0.6 is 11.8 Å². The molecule has 0 radical (unpaired) electrons. The van der Waals surface area contributed by atoms with Crippen LogP contribution in [0.15, 0.2) is 53.7 Å². The van der Waals surface area contributed by atoms with Gasteiger partial charge in [0.2, 0.25) is 5.91 Å². The molecule has 0 aliphatic rings. The van der Waals surface area contributed by atoms with Crippen molar-refractivity contribution in [3.05, 3.63) is 59.9 Å². The smallest absolute Gasteiger partial charge is 0.234 e. The van der Waals surface area contributed by atoms with Crippen molar-refractivity contribution < 1.29 is 9.59 Å². The van der Waals surface area contributed by atoms with Gasteiger partial charge >= 0.3 is 0 Å². The third-order valence-electron chi connectivity index (χ3n) is 3.58. The summed E-state index contributed by atoms with van der Waals surface area (Å²) in [5, 5.41) is 15.8. The second-order valence-corrected chi connectivity index (χ2v) is 6.58. The van der Waals surface area contributed by atoms with Gasteiger partial charge in [-0.1, -0.05) is 23.9 Å². The molecule has 0 saturated carbocycles. The highest BCUT2D eigenvalue weighted by Gasteiger charge is 2.08. The molecule has 1 N–H and O–H groups in total. The predicted octanol–water partition coefficient (Wildman–Crippen LogP) is 2.90. The van der Waals surface area contributed by atoms with Crippen LogP contribution in [0, 0.1) is 6.92 Å². The van der Waals surface area contributed by atoms with Crippen molar-refractivity contribution in [1.82, 2.24) is 20.0 Å². The molecule has 0 aliphatic carbocycles. The van der Waals surface area contributed by atoms with Crippen molar-refractivity contribution in [3.63, 3.8) is 0 Å². The van der Waals surface area contributed by atoms with Crippen LogP contribution in [0.4, 0.5) is 5.69 Å². The summed E-state index contributed by atoms with van der Waals surface area (Å²) in [7, 11) is 0. The van der Waals surface area contributed by atoms with Gasteiger partial charge in [0.15, 0.2) is 11.6 Å². The molecule has 132 valence electrons. The third-order valence-corrected chi connectivity index (χ3v) is 4.50. The SMILES string of the molecule is CC(=O)c1cccc(NC(=O)CSc2ccc(-n3nccc3C)nn2)c1. The quantitative estimate of drug-likeness (QED) is 0.532. The number of aromatic nitrogens is 4. The molecule has 0 unspecified atom stereocenters. The minimum Gasteiger partial charge on any atom is -0.325 e. The molecule has 2 aromatic heterocycles. The van der Waals surface area contributed by atoms with Gasteiger partial charge in [0.05, 0.1) is 5.75 Å². The Morgan fingerprint density at radius 3 is 2.65 bits per heavy atom. The normalized spacial score (nSPS) is 10.5. The molecule has 3 aromatic rings. The van der Waals surface area contributed by atoms with E-state index in [0.29, 0.717) is 22.1 Å². The number of aryl methyl sites for hydroxylation is 1. The van der Waals surface area contributed by atoms with E-state index in [4.69, 9.17) is 0 Å². The Balaban J connectivity index is 1.57. The van der Waals surface area contributed by atoms with Crippen LogP contribution in [0.3, 0.4) is 0 Å². The maximum Gasteiger partial charge on any atom is 0.234 e. The molecule has 0 bridgehead atoms. The Labute approximate surface area is 154 Å². The fraction of sp³-hybridized carbons (Fsp3) is 0.167. The standard InChI is InChI=1S/C18H17N5O2S/c1-12-8-9-19-23(12)16-6-7-18(22-21-16)26-11-17(25)20-15-5-3-4-14(10-15)13(2)24/h3-10H,11H2,1-2H3,(H,20,25). The lowest BCUT2D eigenvalue weighted by Crippen LogP contribution is -2.14. The van der Waals surface area contributed by atoms with E-state index in [9.17, 15) is 9.59 Å². The van der Waals surface area contributed by atoms with Crippen LogP contribution in [0.25, 0.3) is 5.82 Å². The number of hydrogen-bond donors (Lipinski definition) is 1. The summed E-state index contributed by atoms with van der Waals surface area (Å²) in [4.78, 5) is 23.5. The van der Waals surface area contributed by atoms with E-state index in [2.05, 4.69) is 20.6 Å². The number of amides is 1. The van der Waals surface area contributed by atoms with Gasteiger partial charge in [-0.15, -0.1) is 10.2 Å². The molecule has 7 nitrogen and oxygen atoms in total. The van der Waals surface area contributed by atoms with Crippen molar-refractivity contribution in [2.75, 3.05) is 11.1 Å². The van der Waals surface area contributed by atoms with Crippen LogP contribution in [0.2, 0.25) is 0 Å². The van der Waals surface area contributed by atoms with Gasteiger partial charge in [-0.3, -0.25) is 9.59 Å². The van der Waals surface area contributed by atoms with E-state index in [1.165, 1.54) is 18.7 Å². The number of benzene rings is 1. The summed E-state index contributed by atoms with van der Waals surface area (Å²) in [6.45, 7) is 3.42. The lowest BCUT2D eigenvalue weighted by Gasteiger charge is -2.06. The number of carbonyl (C=O) groups excluding carboxylic acids is 2. The number of hydrogen-bond acceptors (Lipinski definition) is 6. The molecule has 0 fully saturated rings. The second-order valence-electron chi connectivity index (χ2n) is 5.59. The maximum absolute atomic E-state index is 12.1. The number of nitrogens with zero attached hydrogens (tertiary/aromatic N) is 4. The van der Waals surface area contributed by atoms with Crippen molar-refractivity contribution >= 4 is 29.1 Å². The highest BCUT2D eigenvalue weighted by molar-refractivity contribution is 7.99. The first-order valence-electron chi connectivity index (χ1n) is 7.91. The molecule has 2 heterocycles. The average Bonchev–Trinajstić information content (AvgIpc) is 3.06. The molecular weight excluding hydrogens is 350 g/mol. The number of Topliss-reactive ketones (excluding diaryl/α,β-unsaturated/α-hetero) is 1. The van der Waals surface area contributed by atoms with E-state index in [-0.39, 0.29) is 17.4 Å². The van der Waals surface area contributed by atoms with E-state index >= 15 is 0 Å². The summed E-state index contributed by atoms with van der Waals surface area (Å²) < 4.78 is 1.69. The van der Waals surface area contributed by atoms with Crippen molar-refractivity contribution in [3.8, 4) is 5.82 Å². The van der Waals surface area contributed by atoms with Crippen LogP contribution in [-0.2, 0) is 4.79 Å². The van der Waals surface area contributed by atoms with Crippen molar-refractivity contribution in [2.45, 2.75) is 18.9 Å². The van der Waals surface area contributed by atoms with Crippen molar-refractivity contribution in [2.24, 2.45) is 0 Å². The zero-order valence-corrected chi connectivity index (χ0v) is 15.2. The topological polar surface area (TPSA) is 89.8 Å². The zero-order chi connectivity index (χ0) is 18.5. The molecule has 26 heavy (non-hydrogen) atoms. The summed E-state index contributed by atoms with van der Waals surface area (Å²) >= 11 is 1.29. The van der Waals surface area contributed by atoms with Crippen LogP contribution in [-0.4, -0.2) is 37.4 Å². The molecule has 0 spiro atoms. The Hall–Kier alpha value is -3.00. The Bertz CT molecular complexity index is 937. The Morgan fingerprint density at radius 1 is 1.15 bits per heavy atom. The fourth-order valence-electron chi connectivity index (χ4n) is 2.26. The second kappa shape index (κ2) is 7.92. The number of rotatable bonds is 6. The first-order valence-corrected chi connectivity index (χ1v) is 8.90. The molecule has 3 rings (SSSR count). The van der Waals surface area contributed by atoms with E-state index in [0.717, 1.165) is 5.69 Å². The third kappa shape index (κ3) is 4.34. The minimum absolute atomic E-state index is 0.0433. The van der Waals surface area contributed by atoms with Crippen LogP contribution in [0.1, 0.15) is 23.0 Å². The van der Waals surface area contributed by atoms with E-state index in [1.807, 2.05) is 19.1 Å². The van der Waals surface area contributed by atoms with Gasteiger partial charge in [0.25, 0.3) is 0 Å². The average molecular weight is 367 g/mol. The number of nitrogens with one attached hydrogen (secondary N) is 1. The molecular formula is C18H17N5O2S. The summed E-state index contributed by atoms with van der Waals surface area (Å²) in [6, 6.07) is 12.4. The lowest BCUT2D eigenvalue weighted by atomic mass is 10.1. The van der Waals surface area contributed by atoms with Crippen molar-refractivity contribution in [1.29, 1.82) is 0 Å². The number of anilines is 1. The molecule has 0 aliphatic heterocycles. The lowest BCUT2D eigenvalue weighted by molar-refractivity contribution is -0.113. The fourth-order valence-corrected chi connectivity index (χ4v) is 2.88. The maximum atomic E-state index is 12.1. The van der Waals surface area contributed by atoms with Gasteiger partial charge in [0.1, 0.15) is 5.03 Å². The summed E-state index contributed by atoms with van der Waals surface area (Å²) in [5.74, 6) is 0.601. The zero-order valence-electron chi connectivity index (χ0n) is 14.3. The molecule has 1 aromatic carbocycles. The Morgan fingerprint density at radius 2 is 2.00 bits per heavy atom. The molecule has 0 saturated heterocycles. The van der Waals surface area contributed by atoms with Crippen LogP contribution in [0.5, 0.6) is 0 Å². The molecule has 1 amide bonds. The summed E-state index contributed by atoms with van der Waals surface area (Å²) in [5.41, 5.74) is 2.12. The molecule has 0 atom stereocenters. The number of ketones is 1. The number of carbonyl (C=O) groups is 2. The van der Waals surface area contributed by atoms with Gasteiger partial charge in [0, 0.05) is 23.1 Å². The van der Waals surface area contributed by atoms with Crippen LogP contribution < -0.4 is 5.32 Å². The number of thioether (sulfide) groups is 1. The van der Waals surface area contributed by atoms with Gasteiger partial charge in [-0.2, -0.15) is 5.10 Å². The summed E-state index contributed by atoms with van der Waals surface area (Å²) in [6.07, 6.45) is 1.70. The minimum atomic E-state index is -0.176. The first-order chi connectivity index (χ1) is 12.5. The van der Waals surface area contributed by atoms with Gasteiger partial charge in [-0.05, 0) is 44.2 Å².